The van der Waals surface area contributed by atoms with Crippen LogP contribution in [0.5, 0.6) is 0 Å². The van der Waals surface area contributed by atoms with Crippen LogP contribution in [0.4, 0.5) is 0 Å². The lowest BCUT2D eigenvalue weighted by atomic mass is 10.1. The SMILES string of the molecule is Cl.c1noc2c1CCNC2. The van der Waals surface area contributed by atoms with E-state index in [1.807, 2.05) is 0 Å². The van der Waals surface area contributed by atoms with Crippen molar-refractivity contribution in [1.82, 2.24) is 10.5 Å². The quantitative estimate of drug-likeness (QED) is 0.609. The zero-order chi connectivity index (χ0) is 6.10. The smallest absolute Gasteiger partial charge is 0.153 e. The normalized spacial score (nSPS) is 15.6. The van der Waals surface area contributed by atoms with E-state index < -0.39 is 0 Å². The molecule has 0 amide bonds. The van der Waals surface area contributed by atoms with Crippen LogP contribution in [0.1, 0.15) is 11.3 Å². The van der Waals surface area contributed by atoms with E-state index in [0.29, 0.717) is 0 Å². The van der Waals surface area contributed by atoms with E-state index in [0.717, 1.165) is 25.3 Å². The van der Waals surface area contributed by atoms with Gasteiger partial charge in [-0.05, 0) is 13.0 Å². The van der Waals surface area contributed by atoms with Gasteiger partial charge >= 0.3 is 0 Å². The summed E-state index contributed by atoms with van der Waals surface area (Å²) in [4.78, 5) is 0. The topological polar surface area (TPSA) is 38.1 Å². The molecule has 1 aromatic heterocycles. The Morgan fingerprint density at radius 2 is 2.50 bits per heavy atom. The van der Waals surface area contributed by atoms with Gasteiger partial charge in [-0.1, -0.05) is 5.16 Å². The van der Waals surface area contributed by atoms with Gasteiger partial charge in [-0.25, -0.2) is 0 Å². The molecule has 2 rings (SSSR count). The summed E-state index contributed by atoms with van der Waals surface area (Å²) in [7, 11) is 0. The molecule has 2 heterocycles. The second-order valence-corrected chi connectivity index (χ2v) is 2.20. The van der Waals surface area contributed by atoms with Crippen LogP contribution in [0.25, 0.3) is 0 Å². The Morgan fingerprint density at radius 3 is 3.30 bits per heavy atom. The van der Waals surface area contributed by atoms with Gasteiger partial charge in [-0.15, -0.1) is 12.4 Å². The van der Waals surface area contributed by atoms with Gasteiger partial charge in [0.2, 0.25) is 0 Å². The molecule has 0 radical (unpaired) electrons. The molecule has 0 fully saturated rings. The van der Waals surface area contributed by atoms with Crippen molar-refractivity contribution in [2.45, 2.75) is 13.0 Å². The first-order chi connectivity index (χ1) is 4.47. The molecule has 56 valence electrons. The molecule has 10 heavy (non-hydrogen) atoms. The fourth-order valence-corrected chi connectivity index (χ4v) is 1.06. The number of hydrogen-bond donors (Lipinski definition) is 1. The van der Waals surface area contributed by atoms with Crippen molar-refractivity contribution < 1.29 is 4.52 Å². The molecule has 0 spiro atoms. The molecule has 1 aliphatic heterocycles. The summed E-state index contributed by atoms with van der Waals surface area (Å²) in [6, 6.07) is 0. The molecule has 4 heteroatoms. The van der Waals surface area contributed by atoms with Crippen molar-refractivity contribution in [2.24, 2.45) is 0 Å². The third-order valence-electron chi connectivity index (χ3n) is 1.59. The molecular formula is C6H9ClN2O. The molecule has 3 nitrogen and oxygen atoms in total. The third kappa shape index (κ3) is 1.15. The first kappa shape index (κ1) is 7.57. The van der Waals surface area contributed by atoms with Crippen LogP contribution in [0.2, 0.25) is 0 Å². The summed E-state index contributed by atoms with van der Waals surface area (Å²) >= 11 is 0. The van der Waals surface area contributed by atoms with Gasteiger partial charge in [-0.3, -0.25) is 0 Å². The van der Waals surface area contributed by atoms with Crippen LogP contribution in [0.3, 0.4) is 0 Å². The summed E-state index contributed by atoms with van der Waals surface area (Å²) in [5.41, 5.74) is 1.26. The van der Waals surface area contributed by atoms with Gasteiger partial charge in [0.25, 0.3) is 0 Å². The van der Waals surface area contributed by atoms with E-state index in [9.17, 15) is 0 Å². The lowest BCUT2D eigenvalue weighted by Crippen LogP contribution is -2.22. The van der Waals surface area contributed by atoms with Crippen LogP contribution in [0.15, 0.2) is 10.7 Å². The van der Waals surface area contributed by atoms with Crippen molar-refractivity contribution in [1.29, 1.82) is 0 Å². The Labute approximate surface area is 65.2 Å². The predicted octanol–water partition coefficient (Wildman–Crippen LogP) is 0.742. The Kier molecular flexibility index (Phi) is 2.29. The number of halogens is 1. The number of aromatic nitrogens is 1. The van der Waals surface area contributed by atoms with Gasteiger partial charge < -0.3 is 9.84 Å². The number of nitrogens with one attached hydrogen (secondary N) is 1. The molecule has 0 saturated heterocycles. The summed E-state index contributed by atoms with van der Waals surface area (Å²) in [5.74, 6) is 1.00. The molecule has 1 N–H and O–H groups in total. The second-order valence-electron chi connectivity index (χ2n) is 2.20. The molecule has 0 bridgehead atoms. The largest absolute Gasteiger partial charge is 0.360 e. The molecule has 0 unspecified atom stereocenters. The number of rotatable bonds is 0. The highest BCUT2D eigenvalue weighted by molar-refractivity contribution is 5.85. The highest BCUT2D eigenvalue weighted by Gasteiger charge is 2.10. The standard InChI is InChI=1S/C6H8N2O.ClH/c1-2-7-4-6-5(1)3-8-9-6;/h3,7H,1-2,4H2;1H. The van der Waals surface area contributed by atoms with Crippen LogP contribution in [0, 0.1) is 0 Å². The van der Waals surface area contributed by atoms with Gasteiger partial charge in [0.15, 0.2) is 5.76 Å². The number of fused-ring (bicyclic) bond motifs is 1. The van der Waals surface area contributed by atoms with Gasteiger partial charge in [0.05, 0.1) is 12.7 Å². The Morgan fingerprint density at radius 1 is 1.60 bits per heavy atom. The molecule has 0 aliphatic carbocycles. The van der Waals surface area contributed by atoms with E-state index in [4.69, 9.17) is 4.52 Å². The van der Waals surface area contributed by atoms with Crippen molar-refractivity contribution in [3.8, 4) is 0 Å². The maximum Gasteiger partial charge on any atom is 0.153 e. The van der Waals surface area contributed by atoms with Gasteiger partial charge in [-0.2, -0.15) is 0 Å². The minimum Gasteiger partial charge on any atom is -0.360 e. The summed E-state index contributed by atoms with van der Waals surface area (Å²) in [5, 5.41) is 6.88. The Balaban J connectivity index is 0.000000500. The molecule has 0 saturated carbocycles. The van der Waals surface area contributed by atoms with E-state index in [-0.39, 0.29) is 12.4 Å². The minimum atomic E-state index is 0. The maximum absolute atomic E-state index is 4.94. The van der Waals surface area contributed by atoms with Gasteiger partial charge in [0.1, 0.15) is 0 Å². The van der Waals surface area contributed by atoms with Crippen molar-refractivity contribution in [3.63, 3.8) is 0 Å². The maximum atomic E-state index is 4.94. The number of nitrogens with zero attached hydrogens (tertiary/aromatic N) is 1. The predicted molar refractivity (Wildman–Crippen MR) is 39.2 cm³/mol. The fourth-order valence-electron chi connectivity index (χ4n) is 1.06. The lowest BCUT2D eigenvalue weighted by Gasteiger charge is -2.08. The van der Waals surface area contributed by atoms with Crippen molar-refractivity contribution >= 4 is 12.4 Å². The van der Waals surface area contributed by atoms with Crippen molar-refractivity contribution in [2.75, 3.05) is 6.54 Å². The summed E-state index contributed by atoms with van der Waals surface area (Å²) in [6.07, 6.45) is 2.86. The summed E-state index contributed by atoms with van der Waals surface area (Å²) < 4.78 is 4.94. The zero-order valence-electron chi connectivity index (χ0n) is 5.46. The Bertz CT molecular complexity index is 191. The zero-order valence-corrected chi connectivity index (χ0v) is 6.28. The molecule has 0 atom stereocenters. The summed E-state index contributed by atoms with van der Waals surface area (Å²) in [6.45, 7) is 1.89. The fraction of sp³-hybridized carbons (Fsp3) is 0.500. The van der Waals surface area contributed by atoms with Crippen LogP contribution in [-0.4, -0.2) is 11.7 Å². The van der Waals surface area contributed by atoms with Crippen LogP contribution < -0.4 is 5.32 Å². The highest BCUT2D eigenvalue weighted by atomic mass is 35.5. The lowest BCUT2D eigenvalue weighted by molar-refractivity contribution is 0.365. The molecule has 0 aromatic carbocycles. The van der Waals surface area contributed by atoms with E-state index in [2.05, 4.69) is 10.5 Å². The van der Waals surface area contributed by atoms with E-state index in [1.54, 1.807) is 6.20 Å². The average molecular weight is 161 g/mol. The third-order valence-corrected chi connectivity index (χ3v) is 1.59. The molecule has 1 aromatic rings. The molecule has 1 aliphatic rings. The Hall–Kier alpha value is -0.540. The van der Waals surface area contributed by atoms with Crippen LogP contribution in [-0.2, 0) is 13.0 Å². The minimum absolute atomic E-state index is 0. The van der Waals surface area contributed by atoms with Crippen LogP contribution >= 0.6 is 12.4 Å². The first-order valence-electron chi connectivity index (χ1n) is 3.10. The average Bonchev–Trinajstić information content (AvgIpc) is 2.33. The first-order valence-corrected chi connectivity index (χ1v) is 3.10. The van der Waals surface area contributed by atoms with E-state index >= 15 is 0 Å². The van der Waals surface area contributed by atoms with Crippen molar-refractivity contribution in [3.05, 3.63) is 17.5 Å². The monoisotopic (exact) mass is 160 g/mol. The van der Waals surface area contributed by atoms with Gasteiger partial charge in [0, 0.05) is 5.56 Å². The highest BCUT2D eigenvalue weighted by Crippen LogP contribution is 2.10. The molecular weight excluding hydrogens is 152 g/mol. The number of hydrogen-bond acceptors (Lipinski definition) is 3. The second kappa shape index (κ2) is 3.03. The van der Waals surface area contributed by atoms with E-state index in [1.165, 1.54) is 5.56 Å².